The minimum absolute atomic E-state index is 0.0935. The number of sulfonamides is 1. The molecule has 3 rings (SSSR count). The summed E-state index contributed by atoms with van der Waals surface area (Å²) in [6, 6.07) is 13.2. The Kier molecular flexibility index (Phi) is 6.73. The van der Waals surface area contributed by atoms with E-state index in [9.17, 15) is 18.0 Å². The van der Waals surface area contributed by atoms with Gasteiger partial charge in [-0.15, -0.1) is 0 Å². The Morgan fingerprint density at radius 1 is 0.900 bits per heavy atom. The summed E-state index contributed by atoms with van der Waals surface area (Å²) in [4.78, 5) is 23.5. The van der Waals surface area contributed by atoms with Crippen LogP contribution in [0.4, 0.5) is 16.2 Å². The quantitative estimate of drug-likeness (QED) is 0.678. The van der Waals surface area contributed by atoms with Crippen molar-refractivity contribution in [2.75, 3.05) is 23.7 Å². The largest absolute Gasteiger partial charge is 0.335 e. The van der Waals surface area contributed by atoms with Crippen LogP contribution in [0.3, 0.4) is 0 Å². The fourth-order valence-corrected chi connectivity index (χ4v) is 4.76. The number of nitrogens with one attached hydrogen (secondary N) is 3. The first kappa shape index (κ1) is 21.8. The van der Waals surface area contributed by atoms with Crippen molar-refractivity contribution in [3.63, 3.8) is 0 Å². The van der Waals surface area contributed by atoms with Gasteiger partial charge in [0.1, 0.15) is 0 Å². The highest BCUT2D eigenvalue weighted by Crippen LogP contribution is 2.22. The zero-order chi connectivity index (χ0) is 21.7. The molecule has 0 aromatic heterocycles. The maximum Gasteiger partial charge on any atom is 0.319 e. The van der Waals surface area contributed by atoms with Gasteiger partial charge in [0.2, 0.25) is 15.9 Å². The second kappa shape index (κ2) is 9.27. The number of rotatable bonds is 5. The topological polar surface area (TPSA) is 108 Å². The van der Waals surface area contributed by atoms with E-state index >= 15 is 0 Å². The first-order chi connectivity index (χ1) is 14.2. The third-order valence-corrected chi connectivity index (χ3v) is 6.82. The minimum atomic E-state index is -3.62. The van der Waals surface area contributed by atoms with E-state index in [2.05, 4.69) is 16.0 Å². The van der Waals surface area contributed by atoms with E-state index in [0.29, 0.717) is 37.3 Å². The molecule has 2 aromatic rings. The molecule has 0 bridgehead atoms. The molecule has 9 heteroatoms. The van der Waals surface area contributed by atoms with E-state index in [1.165, 1.54) is 23.4 Å². The van der Waals surface area contributed by atoms with Crippen LogP contribution in [0.15, 0.2) is 53.4 Å². The Labute approximate surface area is 176 Å². The van der Waals surface area contributed by atoms with Crippen LogP contribution in [0.1, 0.15) is 25.3 Å². The number of aryl methyl sites for hydroxylation is 1. The van der Waals surface area contributed by atoms with E-state index in [1.54, 1.807) is 12.1 Å². The molecule has 1 fully saturated rings. The molecule has 1 saturated heterocycles. The molecule has 2 aromatic carbocycles. The van der Waals surface area contributed by atoms with E-state index in [0.717, 1.165) is 5.56 Å². The minimum Gasteiger partial charge on any atom is -0.335 e. The zero-order valence-electron chi connectivity index (χ0n) is 17.0. The number of piperidine rings is 1. The molecular weight excluding hydrogens is 404 g/mol. The molecule has 1 aliphatic heterocycles. The van der Waals surface area contributed by atoms with Crippen molar-refractivity contribution in [1.82, 2.24) is 9.62 Å². The highest BCUT2D eigenvalue weighted by molar-refractivity contribution is 7.89. The van der Waals surface area contributed by atoms with E-state index < -0.39 is 10.0 Å². The predicted molar refractivity (Wildman–Crippen MR) is 116 cm³/mol. The Morgan fingerprint density at radius 2 is 1.43 bits per heavy atom. The van der Waals surface area contributed by atoms with Crippen LogP contribution in [0.2, 0.25) is 0 Å². The molecule has 3 N–H and O–H groups in total. The second-order valence-corrected chi connectivity index (χ2v) is 9.29. The molecule has 0 unspecified atom stereocenters. The molecule has 0 aliphatic carbocycles. The molecule has 1 aliphatic rings. The van der Waals surface area contributed by atoms with E-state index in [-0.39, 0.29) is 22.9 Å². The molecule has 0 radical (unpaired) electrons. The summed E-state index contributed by atoms with van der Waals surface area (Å²) in [6.07, 6.45) is 1.06. The Hall–Kier alpha value is -2.91. The number of anilines is 2. The van der Waals surface area contributed by atoms with Gasteiger partial charge in [-0.05, 0) is 56.2 Å². The Bertz CT molecular complexity index is 996. The summed E-state index contributed by atoms with van der Waals surface area (Å²) < 4.78 is 27.1. The molecular formula is C21H26N4O4S. The molecule has 1 heterocycles. The van der Waals surface area contributed by atoms with Gasteiger partial charge in [-0.3, -0.25) is 4.79 Å². The SMILES string of the molecule is CC(=O)Nc1ccc(S(=O)(=O)N2CCC(NC(=O)Nc3ccc(C)cc3)CC2)cc1. The fraction of sp³-hybridized carbons (Fsp3) is 0.333. The number of hydrogen-bond acceptors (Lipinski definition) is 4. The Balaban J connectivity index is 1.53. The number of nitrogens with zero attached hydrogens (tertiary/aromatic N) is 1. The normalized spacial score (nSPS) is 15.4. The summed E-state index contributed by atoms with van der Waals surface area (Å²) in [6.45, 7) is 4.02. The van der Waals surface area contributed by atoms with Crippen molar-refractivity contribution >= 4 is 33.3 Å². The average Bonchev–Trinajstić information content (AvgIpc) is 2.70. The summed E-state index contributed by atoms with van der Waals surface area (Å²) in [7, 11) is -3.62. The highest BCUT2D eigenvalue weighted by Gasteiger charge is 2.30. The lowest BCUT2D eigenvalue weighted by Crippen LogP contribution is -2.47. The van der Waals surface area contributed by atoms with Crippen LogP contribution in [0.25, 0.3) is 0 Å². The van der Waals surface area contributed by atoms with Crippen LogP contribution in [-0.2, 0) is 14.8 Å². The van der Waals surface area contributed by atoms with Crippen molar-refractivity contribution < 1.29 is 18.0 Å². The number of hydrogen-bond donors (Lipinski definition) is 3. The van der Waals surface area contributed by atoms with Crippen molar-refractivity contribution in [3.05, 3.63) is 54.1 Å². The van der Waals surface area contributed by atoms with Crippen molar-refractivity contribution in [3.8, 4) is 0 Å². The highest BCUT2D eigenvalue weighted by atomic mass is 32.2. The van der Waals surface area contributed by atoms with Crippen LogP contribution < -0.4 is 16.0 Å². The van der Waals surface area contributed by atoms with Crippen LogP contribution in [0, 0.1) is 6.92 Å². The number of urea groups is 1. The van der Waals surface area contributed by atoms with Crippen LogP contribution >= 0.6 is 0 Å². The molecule has 8 nitrogen and oxygen atoms in total. The summed E-state index contributed by atoms with van der Waals surface area (Å²) in [5.74, 6) is -0.216. The zero-order valence-corrected chi connectivity index (χ0v) is 17.8. The van der Waals surface area contributed by atoms with Crippen molar-refractivity contribution in [1.29, 1.82) is 0 Å². The number of carbonyl (C=O) groups is 2. The van der Waals surface area contributed by atoms with Crippen molar-refractivity contribution in [2.45, 2.75) is 37.6 Å². The smallest absolute Gasteiger partial charge is 0.319 e. The van der Waals surface area contributed by atoms with Gasteiger partial charge in [0.05, 0.1) is 4.90 Å². The van der Waals surface area contributed by atoms with E-state index in [4.69, 9.17) is 0 Å². The van der Waals surface area contributed by atoms with Crippen LogP contribution in [-0.4, -0.2) is 43.8 Å². The van der Waals surface area contributed by atoms with Crippen molar-refractivity contribution in [2.24, 2.45) is 0 Å². The second-order valence-electron chi connectivity index (χ2n) is 7.35. The third kappa shape index (κ3) is 5.58. The lowest BCUT2D eigenvalue weighted by atomic mass is 10.1. The number of benzene rings is 2. The van der Waals surface area contributed by atoms with Gasteiger partial charge in [0, 0.05) is 37.4 Å². The lowest BCUT2D eigenvalue weighted by Gasteiger charge is -2.31. The molecule has 0 spiro atoms. The maximum atomic E-state index is 12.9. The molecule has 0 saturated carbocycles. The molecule has 160 valence electrons. The third-order valence-electron chi connectivity index (χ3n) is 4.91. The van der Waals surface area contributed by atoms with Gasteiger partial charge in [-0.25, -0.2) is 13.2 Å². The first-order valence-corrected chi connectivity index (χ1v) is 11.2. The van der Waals surface area contributed by atoms with Gasteiger partial charge in [-0.2, -0.15) is 4.31 Å². The van der Waals surface area contributed by atoms with Gasteiger partial charge in [-0.1, -0.05) is 17.7 Å². The van der Waals surface area contributed by atoms with Gasteiger partial charge in [0.15, 0.2) is 0 Å². The predicted octanol–water partition coefficient (Wildman–Crippen LogP) is 2.93. The number of carbonyl (C=O) groups excluding carboxylic acids is 2. The molecule has 0 atom stereocenters. The maximum absolute atomic E-state index is 12.9. The van der Waals surface area contributed by atoms with Gasteiger partial charge >= 0.3 is 6.03 Å². The average molecular weight is 431 g/mol. The lowest BCUT2D eigenvalue weighted by molar-refractivity contribution is -0.114. The molecule has 30 heavy (non-hydrogen) atoms. The first-order valence-electron chi connectivity index (χ1n) is 9.76. The standard InChI is InChI=1S/C21H26N4O4S/c1-15-3-5-18(6-4-15)23-21(27)24-19-11-13-25(14-12-19)30(28,29)20-9-7-17(8-10-20)22-16(2)26/h3-10,19H,11-14H2,1-2H3,(H,22,26)(H2,23,24,27). The summed E-state index contributed by atoms with van der Waals surface area (Å²) >= 11 is 0. The van der Waals surface area contributed by atoms with E-state index in [1.807, 2.05) is 31.2 Å². The van der Waals surface area contributed by atoms with Gasteiger partial charge < -0.3 is 16.0 Å². The number of amides is 3. The summed E-state index contributed by atoms with van der Waals surface area (Å²) in [5.41, 5.74) is 2.36. The van der Waals surface area contributed by atoms with Crippen LogP contribution in [0.5, 0.6) is 0 Å². The monoisotopic (exact) mass is 430 g/mol. The fourth-order valence-electron chi connectivity index (χ4n) is 3.29. The molecule has 3 amide bonds. The summed E-state index contributed by atoms with van der Waals surface area (Å²) in [5, 5.41) is 8.31. The Morgan fingerprint density at radius 3 is 2.00 bits per heavy atom. The van der Waals surface area contributed by atoms with Gasteiger partial charge in [0.25, 0.3) is 0 Å².